The monoisotopic (exact) mass is 520 g/mol. The fourth-order valence-electron chi connectivity index (χ4n) is 3.64. The van der Waals surface area contributed by atoms with Crippen molar-refractivity contribution >= 4 is 40.7 Å². The quantitative estimate of drug-likeness (QED) is 0.187. The van der Waals surface area contributed by atoms with Crippen LogP contribution in [-0.4, -0.2) is 16.1 Å². The molecule has 0 saturated carbocycles. The maximum atomic E-state index is 13.2. The topological polar surface area (TPSA) is 95.2 Å². The standard InChI is InChI=1S/C22H12F6N2O3S.Na/c23-21(24,25)9-5-10(22(26,27)28)7-11(6-9)30-14-8-15(34-33)18(29)17-16(14)19(31)12-3-1-2-4-13(12)20(17)32;/h1-8,30,33H,29H2;/q;+1/p-1. The molecular weight excluding hydrogens is 509 g/mol. The Kier molecular flexibility index (Phi) is 7.36. The first-order chi connectivity index (χ1) is 15.8. The molecule has 176 valence electrons. The first kappa shape index (κ1) is 27.1. The molecule has 1 aliphatic rings. The van der Waals surface area contributed by atoms with Crippen LogP contribution in [0.4, 0.5) is 43.4 Å². The van der Waals surface area contributed by atoms with Gasteiger partial charge in [-0.3, -0.25) is 9.59 Å². The normalized spacial score (nSPS) is 13.1. The number of halogens is 6. The number of carbonyl (C=O) groups is 2. The van der Waals surface area contributed by atoms with Crippen LogP contribution in [0.2, 0.25) is 0 Å². The van der Waals surface area contributed by atoms with Crippen LogP contribution in [0.25, 0.3) is 0 Å². The molecule has 3 N–H and O–H groups in total. The number of hydrogen-bond donors (Lipinski definition) is 2. The predicted octanol–water partition coefficient (Wildman–Crippen LogP) is 3.05. The Morgan fingerprint density at radius 1 is 0.800 bits per heavy atom. The number of carbonyl (C=O) groups excluding carboxylic acids is 2. The third-order valence-corrected chi connectivity index (χ3v) is 5.67. The zero-order valence-electron chi connectivity index (χ0n) is 17.6. The number of nitrogens with one attached hydrogen (secondary N) is 1. The molecular formula is C22H11F6N2NaO3S. The number of alkyl halides is 6. The van der Waals surface area contributed by atoms with E-state index in [2.05, 4.69) is 5.32 Å². The van der Waals surface area contributed by atoms with Crippen molar-refractivity contribution in [2.24, 2.45) is 0 Å². The number of rotatable bonds is 3. The minimum Gasteiger partial charge on any atom is -0.795 e. The number of nitrogen functional groups attached to an aromatic ring is 1. The molecule has 3 aromatic rings. The average Bonchev–Trinajstić information content (AvgIpc) is 2.77. The van der Waals surface area contributed by atoms with Gasteiger partial charge in [0.1, 0.15) is 0 Å². The zero-order chi connectivity index (χ0) is 25.0. The van der Waals surface area contributed by atoms with Gasteiger partial charge in [-0.05, 0) is 24.3 Å². The van der Waals surface area contributed by atoms with E-state index in [0.29, 0.717) is 12.1 Å². The van der Waals surface area contributed by atoms with Crippen molar-refractivity contribution in [2.45, 2.75) is 17.2 Å². The number of ketones is 2. The summed E-state index contributed by atoms with van der Waals surface area (Å²) in [6.07, 6.45) is -10.2. The van der Waals surface area contributed by atoms with Gasteiger partial charge in [0.15, 0.2) is 11.6 Å². The first-order valence-corrected chi connectivity index (χ1v) is 10.1. The Bertz CT molecular complexity index is 1330. The first-order valence-electron chi connectivity index (χ1n) is 9.34. The van der Waals surface area contributed by atoms with Crippen LogP contribution in [0.15, 0.2) is 53.4 Å². The Hall–Kier alpha value is -2.51. The molecule has 5 nitrogen and oxygen atoms in total. The van der Waals surface area contributed by atoms with Crippen LogP contribution in [0.5, 0.6) is 0 Å². The molecule has 0 aromatic heterocycles. The summed E-state index contributed by atoms with van der Waals surface area (Å²) >= 11 is -0.146. The average molecular weight is 520 g/mol. The number of benzene rings is 3. The van der Waals surface area contributed by atoms with Crippen molar-refractivity contribution in [3.8, 4) is 0 Å². The number of anilines is 3. The van der Waals surface area contributed by atoms with E-state index in [4.69, 9.17) is 5.73 Å². The summed E-state index contributed by atoms with van der Waals surface area (Å²) in [5, 5.41) is 2.36. The van der Waals surface area contributed by atoms with Gasteiger partial charge in [0.05, 0.1) is 33.6 Å². The van der Waals surface area contributed by atoms with Gasteiger partial charge in [-0.2, -0.15) is 26.3 Å². The molecule has 0 aliphatic heterocycles. The van der Waals surface area contributed by atoms with Gasteiger partial charge >= 0.3 is 41.9 Å². The molecule has 0 heterocycles. The number of fused-ring (bicyclic) bond motifs is 2. The molecule has 0 amide bonds. The summed E-state index contributed by atoms with van der Waals surface area (Å²) in [7, 11) is 0. The minimum absolute atomic E-state index is 0. The summed E-state index contributed by atoms with van der Waals surface area (Å²) in [5.74, 6) is -1.44. The van der Waals surface area contributed by atoms with Gasteiger partial charge in [-0.1, -0.05) is 24.3 Å². The third-order valence-electron chi connectivity index (χ3n) is 5.16. The van der Waals surface area contributed by atoms with Gasteiger partial charge in [0.25, 0.3) is 0 Å². The Morgan fingerprint density at radius 3 is 1.74 bits per heavy atom. The van der Waals surface area contributed by atoms with Crippen molar-refractivity contribution in [1.82, 2.24) is 0 Å². The minimum atomic E-state index is -5.10. The Balaban J connectivity index is 0.00000342. The van der Waals surface area contributed by atoms with Crippen molar-refractivity contribution in [3.63, 3.8) is 0 Å². The molecule has 0 unspecified atom stereocenters. The summed E-state index contributed by atoms with van der Waals surface area (Å²) in [4.78, 5) is 26.0. The van der Waals surface area contributed by atoms with Crippen LogP contribution in [0.3, 0.4) is 0 Å². The summed E-state index contributed by atoms with van der Waals surface area (Å²) in [6.45, 7) is 0. The van der Waals surface area contributed by atoms with E-state index in [1.807, 2.05) is 0 Å². The SMILES string of the molecule is Nc1c(S[O-])cc(Nc2cc(C(F)(F)F)cc(C(F)(F)F)c2)c2c1C(=O)c1ccccc1C2=O.[Na+]. The van der Waals surface area contributed by atoms with E-state index in [1.165, 1.54) is 24.3 Å². The Labute approximate surface area is 220 Å². The van der Waals surface area contributed by atoms with Crippen molar-refractivity contribution < 1.29 is 70.0 Å². The molecule has 0 radical (unpaired) electrons. The van der Waals surface area contributed by atoms with Gasteiger partial charge in [0, 0.05) is 21.7 Å². The second-order valence-corrected chi connectivity index (χ2v) is 7.90. The third kappa shape index (κ3) is 4.94. The smallest absolute Gasteiger partial charge is 0.795 e. The van der Waals surface area contributed by atoms with E-state index in [-0.39, 0.29) is 86.2 Å². The maximum Gasteiger partial charge on any atom is 1.00 e. The van der Waals surface area contributed by atoms with E-state index >= 15 is 0 Å². The molecule has 0 spiro atoms. The van der Waals surface area contributed by atoms with Gasteiger partial charge in [0.2, 0.25) is 0 Å². The predicted molar refractivity (Wildman–Crippen MR) is 111 cm³/mol. The van der Waals surface area contributed by atoms with Crippen LogP contribution >= 0.6 is 12.0 Å². The largest absolute Gasteiger partial charge is 1.00 e. The molecule has 0 fully saturated rings. The summed E-state index contributed by atoms with van der Waals surface area (Å²) in [5.41, 5.74) is 0.737. The van der Waals surface area contributed by atoms with Gasteiger partial charge < -0.3 is 15.6 Å². The molecule has 0 saturated heterocycles. The van der Waals surface area contributed by atoms with Gasteiger partial charge in [-0.25, -0.2) is 12.0 Å². The number of nitrogens with two attached hydrogens (primary N) is 1. The maximum absolute atomic E-state index is 13.2. The zero-order valence-corrected chi connectivity index (χ0v) is 20.4. The fourth-order valence-corrected chi connectivity index (χ4v) is 4.00. The van der Waals surface area contributed by atoms with Crippen LogP contribution in [0.1, 0.15) is 43.0 Å². The molecule has 0 bridgehead atoms. The summed E-state index contributed by atoms with van der Waals surface area (Å²) < 4.78 is 91.0. The fraction of sp³-hybridized carbons (Fsp3) is 0.0909. The van der Waals surface area contributed by atoms with E-state index in [0.717, 1.165) is 6.07 Å². The second-order valence-electron chi connectivity index (χ2n) is 7.29. The molecule has 0 atom stereocenters. The van der Waals surface area contributed by atoms with E-state index < -0.39 is 40.7 Å². The van der Waals surface area contributed by atoms with E-state index in [9.17, 15) is 40.5 Å². The second kappa shape index (κ2) is 9.51. The molecule has 3 aromatic carbocycles. The molecule has 1 aliphatic carbocycles. The molecule has 4 rings (SSSR count). The summed E-state index contributed by atoms with van der Waals surface area (Å²) in [6, 6.07) is 7.50. The van der Waals surface area contributed by atoms with Crippen LogP contribution < -0.4 is 40.6 Å². The number of hydrogen-bond acceptors (Lipinski definition) is 6. The van der Waals surface area contributed by atoms with Crippen molar-refractivity contribution in [1.29, 1.82) is 0 Å². The molecule has 35 heavy (non-hydrogen) atoms. The van der Waals surface area contributed by atoms with Crippen LogP contribution in [-0.2, 0) is 12.4 Å². The van der Waals surface area contributed by atoms with E-state index in [1.54, 1.807) is 0 Å². The Morgan fingerprint density at radius 2 is 1.29 bits per heavy atom. The van der Waals surface area contributed by atoms with Gasteiger partial charge in [-0.15, -0.1) is 0 Å². The van der Waals surface area contributed by atoms with Crippen LogP contribution in [0, 0.1) is 0 Å². The van der Waals surface area contributed by atoms with Crippen molar-refractivity contribution in [3.05, 3.63) is 81.9 Å². The van der Waals surface area contributed by atoms with Crippen molar-refractivity contribution in [2.75, 3.05) is 11.1 Å². The molecule has 13 heteroatoms.